The van der Waals surface area contributed by atoms with E-state index in [2.05, 4.69) is 0 Å². The molecule has 0 bridgehead atoms. The molecule has 0 saturated carbocycles. The van der Waals surface area contributed by atoms with E-state index in [4.69, 9.17) is 151 Å². The molecule has 20 N–H and O–H groups in total. The van der Waals surface area contributed by atoms with E-state index in [0.29, 0.717) is 0 Å². The average molecular weight is 1460 g/mol. The van der Waals surface area contributed by atoms with Gasteiger partial charge in [-0.25, -0.2) is 0 Å². The van der Waals surface area contributed by atoms with Crippen molar-refractivity contribution in [2.24, 2.45) is 0 Å². The maximum absolute atomic E-state index is 8.42. The minimum atomic E-state index is -2.92. The van der Waals surface area contributed by atoms with Crippen LogP contribution < -0.4 is 1040 Å². The van der Waals surface area contributed by atoms with Gasteiger partial charge in [0.1, 0.15) is 0 Å². The van der Waals surface area contributed by atoms with E-state index in [1.165, 1.54) is 0 Å². The summed E-state index contributed by atoms with van der Waals surface area (Å²) in [6.07, 6.45) is 0. The normalized spacial score (nSPS) is 3.38. The van der Waals surface area contributed by atoms with Crippen LogP contribution >= 0.6 is 0 Å². The van der Waals surface area contributed by atoms with Crippen LogP contribution in [0.5, 0.6) is 0 Å². The van der Waals surface area contributed by atoms with Crippen LogP contribution in [0.15, 0.2) is 0 Å². The van der Waals surface area contributed by atoms with Gasteiger partial charge in [0.15, 0.2) is 0 Å². The van der Waals surface area contributed by atoms with E-state index < -0.39 is 73.2 Å². The molecule has 0 aliphatic rings. The molecule has 0 rings (SSSR count). The van der Waals surface area contributed by atoms with Gasteiger partial charge in [0.2, 0.25) is 0 Å². The number of hydrogen-bond acceptors (Lipinski definition) is 30. The summed E-state index contributed by atoms with van der Waals surface area (Å²) in [7, 11) is -29.2. The zero-order valence-electron chi connectivity index (χ0n) is 53.0. The van der Waals surface area contributed by atoms with E-state index in [1.807, 2.05) is 0 Å². The quantitative estimate of drug-likeness (QED) is 0.203. The Balaban J connectivity index is -0.00000000247. The second-order valence-corrected chi connectivity index (χ2v) is 2.89. The van der Waals surface area contributed by atoms with Gasteiger partial charge in [-0.05, 0) is 0 Å². The molecule has 40 nitrogen and oxygen atoms in total. The first-order chi connectivity index (χ1) is 17.3. The van der Waals surface area contributed by atoms with Gasteiger partial charge in [-0.1, -0.05) is 0 Å². The summed E-state index contributed by atoms with van der Waals surface area (Å²) >= 11 is 0. The fourth-order valence-electron chi connectivity index (χ4n) is 0. The molecule has 0 spiro atoms. The standard InChI is InChI=1S/10BO3.30Na.10H2O/c10*2-1(3)4;;;;;;;;;;;;;;;;;;;;;;;;;;;;;;;;;;;;;;;;/h;;;;;;;;;;;;;;;;;;;;;;;;;;;;;;;;;;;;;;;;10*1H2/q10*-3;30*+1;;;;;;;;;;. The molecule has 320 valence electrons. The Bertz CT molecular complexity index is 260. The molecule has 0 unspecified atom stereocenters. The summed E-state index contributed by atoms with van der Waals surface area (Å²) in [6, 6.07) is 0. The molecule has 0 radical (unpaired) electrons. The summed E-state index contributed by atoms with van der Waals surface area (Å²) in [6.45, 7) is 0. The average Bonchev–Trinajstić information content (AvgIpc) is 2.47. The van der Waals surface area contributed by atoms with Crippen LogP contribution in [0.1, 0.15) is 0 Å². The van der Waals surface area contributed by atoms with Gasteiger partial charge in [0.05, 0.1) is 0 Å². The number of rotatable bonds is 0. The van der Waals surface area contributed by atoms with Crippen LogP contribution in [0.2, 0.25) is 0 Å². The van der Waals surface area contributed by atoms with E-state index >= 15 is 0 Å². The fourth-order valence-corrected chi connectivity index (χ4v) is 0. The van der Waals surface area contributed by atoms with Crippen molar-refractivity contribution in [3.05, 3.63) is 0 Å². The van der Waals surface area contributed by atoms with E-state index in [1.54, 1.807) is 0 Å². The number of hydrogen-bond donors (Lipinski definition) is 0. The van der Waals surface area contributed by atoms with Crippen LogP contribution in [0.3, 0.4) is 0 Å². The molecule has 0 saturated heterocycles. The van der Waals surface area contributed by atoms with Crippen molar-refractivity contribution >= 4 is 73.2 Å². The molecule has 0 amide bonds. The monoisotopic (exact) mass is 1460 g/mol. The van der Waals surface area contributed by atoms with Crippen LogP contribution in [-0.2, 0) is 0 Å². The van der Waals surface area contributed by atoms with Crippen molar-refractivity contribution in [1.82, 2.24) is 0 Å². The summed E-state index contributed by atoms with van der Waals surface area (Å²) in [5, 5.41) is 252. The van der Waals surface area contributed by atoms with Crippen LogP contribution in [0, 0.1) is 0 Å². The first-order valence-corrected chi connectivity index (χ1v) is 7.07. The van der Waals surface area contributed by atoms with Gasteiger partial charge in [-0.15, -0.1) is 0 Å². The minimum absolute atomic E-state index is 0. The zero-order chi connectivity index (χ0) is 35.8. The predicted octanol–water partition coefficient (Wildman–Crippen LogP) is -138. The molecule has 0 aromatic carbocycles. The van der Waals surface area contributed by atoms with Gasteiger partial charge in [0, 0.05) is 0 Å². The molecule has 0 aromatic rings. The van der Waals surface area contributed by atoms with E-state index in [-0.39, 0.29) is 941 Å². The Morgan fingerprint density at radius 2 is 0.0750 bits per heavy atom. The van der Waals surface area contributed by atoms with Gasteiger partial charge in [0.25, 0.3) is 0 Å². The summed E-state index contributed by atoms with van der Waals surface area (Å²) < 4.78 is 0. The zero-order valence-corrected chi connectivity index (χ0v) is 113. The first-order valence-electron chi connectivity index (χ1n) is 7.07. The van der Waals surface area contributed by atoms with E-state index in [0.717, 1.165) is 0 Å². The van der Waals surface area contributed by atoms with E-state index in [9.17, 15) is 0 Å². The fraction of sp³-hybridized carbons (Fsp3) is 0. The minimum Gasteiger partial charge on any atom is -0.907 e. The Labute approximate surface area is 1130 Å². The topological polar surface area (TPSA) is 1010 Å². The second-order valence-electron chi connectivity index (χ2n) is 2.89. The Hall–Kier alpha value is 29.0. The van der Waals surface area contributed by atoms with Crippen LogP contribution in [0.25, 0.3) is 0 Å². The first kappa shape index (κ1) is 365. The third-order valence-corrected chi connectivity index (χ3v) is 0. The molecule has 0 heterocycles. The molecule has 0 aromatic heterocycles. The van der Waals surface area contributed by atoms with Crippen molar-refractivity contribution in [3.63, 3.8) is 0 Å². The van der Waals surface area contributed by atoms with Crippen LogP contribution in [0.4, 0.5) is 0 Å². The third kappa shape index (κ3) is 1430. The third-order valence-electron chi connectivity index (χ3n) is 0. The predicted molar refractivity (Wildman–Crippen MR) is 93.7 cm³/mol. The molecular weight excluding hydrogens is 1440 g/mol. The molecular formula is H20B10Na30O40. The van der Waals surface area contributed by atoms with Crippen molar-refractivity contribution < 1.29 is 1090 Å². The Kier molecular flexibility index (Phi) is 1620. The Morgan fingerprint density at radius 3 is 0.0750 bits per heavy atom. The summed E-state index contributed by atoms with van der Waals surface area (Å²) in [5.74, 6) is 0. The van der Waals surface area contributed by atoms with Crippen molar-refractivity contribution in [1.29, 1.82) is 0 Å². The summed E-state index contributed by atoms with van der Waals surface area (Å²) in [4.78, 5) is 0. The van der Waals surface area contributed by atoms with Gasteiger partial charge >= 0.3 is 887 Å². The van der Waals surface area contributed by atoms with Crippen molar-refractivity contribution in [2.75, 3.05) is 0 Å². The second kappa shape index (κ2) is 355. The van der Waals surface area contributed by atoms with Crippen LogP contribution in [-0.4, -0.2) is 128 Å². The smallest absolute Gasteiger partial charge is 0.907 e. The van der Waals surface area contributed by atoms with Gasteiger partial charge in [-0.2, -0.15) is 0 Å². The SMILES string of the molecule is O.O.O.O.O.O.O.O.O.O.[Na+].[Na+].[Na+].[Na+].[Na+].[Na+].[Na+].[Na+].[Na+].[Na+].[Na+].[Na+].[Na+].[Na+].[Na+].[Na+].[Na+].[Na+].[Na+].[Na+].[Na+].[Na+].[Na+].[Na+].[Na+].[Na+].[Na+].[Na+].[Na+].[Na+].[O-]B([O-])[O-].[O-]B([O-])[O-].[O-]B([O-])[O-].[O-]B([O-])[O-].[O-]B([O-])[O-].[O-]B([O-])[O-].[O-]B([O-])[O-].[O-]B([O-])[O-].[O-]B([O-])[O-].[O-]B([O-])[O-]. The van der Waals surface area contributed by atoms with Gasteiger partial charge in [-0.3, -0.25) is 73.2 Å². The largest absolute Gasteiger partial charge is 1.00 e. The molecule has 80 heteroatoms. The molecule has 0 fully saturated rings. The van der Waals surface area contributed by atoms with Crippen molar-refractivity contribution in [2.45, 2.75) is 0 Å². The summed E-state index contributed by atoms with van der Waals surface area (Å²) in [5.41, 5.74) is 0. The molecule has 0 aliphatic carbocycles. The van der Waals surface area contributed by atoms with Gasteiger partial charge < -0.3 is 205 Å². The molecule has 0 atom stereocenters. The maximum Gasteiger partial charge on any atom is 1.00 e. The maximum atomic E-state index is 8.42. The van der Waals surface area contributed by atoms with Crippen molar-refractivity contribution in [3.8, 4) is 0 Å². The molecule has 0 aliphatic heterocycles. The molecule has 80 heavy (non-hydrogen) atoms. The Morgan fingerprint density at radius 1 is 0.0750 bits per heavy atom.